The minimum absolute atomic E-state index is 0.0618. The van der Waals surface area contributed by atoms with E-state index >= 15 is 0 Å². The number of carbonyl (C=O) groups is 1. The summed E-state index contributed by atoms with van der Waals surface area (Å²) in [7, 11) is 0. The van der Waals surface area contributed by atoms with Crippen LogP contribution in [0.5, 0.6) is 0 Å². The zero-order valence-corrected chi connectivity index (χ0v) is 13.0. The third-order valence-corrected chi connectivity index (χ3v) is 3.48. The van der Waals surface area contributed by atoms with Crippen molar-refractivity contribution in [3.05, 3.63) is 30.1 Å². The molecule has 1 heterocycles. The fourth-order valence-electron chi connectivity index (χ4n) is 2.29. The van der Waals surface area contributed by atoms with Gasteiger partial charge in [-0.15, -0.1) is 0 Å². The molecule has 0 aliphatic rings. The van der Waals surface area contributed by atoms with Gasteiger partial charge in [-0.2, -0.15) is 0 Å². The first-order valence-electron chi connectivity index (χ1n) is 7.35. The Bertz CT molecular complexity index is 403. The Labute approximate surface area is 122 Å². The van der Waals surface area contributed by atoms with Crippen molar-refractivity contribution >= 4 is 5.91 Å². The molecule has 0 aliphatic heterocycles. The number of nitrogens with one attached hydrogen (secondary N) is 1. The van der Waals surface area contributed by atoms with Gasteiger partial charge in [0.15, 0.2) is 0 Å². The summed E-state index contributed by atoms with van der Waals surface area (Å²) in [6.45, 7) is 9.04. The summed E-state index contributed by atoms with van der Waals surface area (Å²) in [6.07, 6.45) is 4.34. The first kappa shape index (κ1) is 16.6. The molecule has 1 aromatic heterocycles. The van der Waals surface area contributed by atoms with Crippen molar-refractivity contribution in [1.82, 2.24) is 10.3 Å². The number of rotatable bonds is 7. The Hall–Kier alpha value is -1.42. The van der Waals surface area contributed by atoms with E-state index in [0.29, 0.717) is 24.8 Å². The summed E-state index contributed by atoms with van der Waals surface area (Å²) >= 11 is 0. The van der Waals surface area contributed by atoms with E-state index in [4.69, 9.17) is 5.73 Å². The molecule has 20 heavy (non-hydrogen) atoms. The molecule has 0 saturated carbocycles. The smallest absolute Gasteiger partial charge is 0.236 e. The Morgan fingerprint density at radius 1 is 1.35 bits per heavy atom. The van der Waals surface area contributed by atoms with E-state index in [9.17, 15) is 4.79 Å². The molecular formula is C16H27N3O. The van der Waals surface area contributed by atoms with Crippen LogP contribution in [0.15, 0.2) is 24.5 Å². The topological polar surface area (TPSA) is 68.0 Å². The quantitative estimate of drug-likeness (QED) is 0.803. The number of nitrogens with two attached hydrogens (primary N) is 1. The lowest BCUT2D eigenvalue weighted by molar-refractivity contribution is -0.122. The largest absolute Gasteiger partial charge is 0.354 e. The van der Waals surface area contributed by atoms with Crippen LogP contribution < -0.4 is 11.1 Å². The van der Waals surface area contributed by atoms with E-state index in [0.717, 1.165) is 5.56 Å². The molecule has 1 unspecified atom stereocenters. The zero-order chi connectivity index (χ0) is 15.1. The van der Waals surface area contributed by atoms with Crippen molar-refractivity contribution in [2.24, 2.45) is 17.6 Å². The molecule has 0 bridgehead atoms. The van der Waals surface area contributed by atoms with E-state index in [-0.39, 0.29) is 11.8 Å². The maximum Gasteiger partial charge on any atom is 0.236 e. The molecule has 0 aliphatic carbocycles. The Kier molecular flexibility index (Phi) is 6.65. The molecule has 0 saturated heterocycles. The molecule has 1 rings (SSSR count). The third kappa shape index (κ3) is 5.29. The molecule has 2 atom stereocenters. The van der Waals surface area contributed by atoms with Gasteiger partial charge in [0.1, 0.15) is 0 Å². The number of nitrogens with zero attached hydrogens (tertiary/aromatic N) is 1. The van der Waals surface area contributed by atoms with Gasteiger partial charge in [0.05, 0.1) is 6.04 Å². The predicted molar refractivity (Wildman–Crippen MR) is 82.3 cm³/mol. The van der Waals surface area contributed by atoms with E-state index in [1.165, 1.54) is 0 Å². The molecule has 0 aromatic carbocycles. The number of pyridine rings is 1. The highest BCUT2D eigenvalue weighted by molar-refractivity contribution is 5.81. The molecule has 0 radical (unpaired) electrons. The van der Waals surface area contributed by atoms with Crippen molar-refractivity contribution in [2.75, 3.05) is 6.54 Å². The van der Waals surface area contributed by atoms with Gasteiger partial charge < -0.3 is 11.1 Å². The van der Waals surface area contributed by atoms with Crippen LogP contribution in [0, 0.1) is 11.8 Å². The van der Waals surface area contributed by atoms with E-state index in [2.05, 4.69) is 44.1 Å². The second-order valence-corrected chi connectivity index (χ2v) is 6.12. The molecule has 4 heteroatoms. The number of amides is 1. The number of aromatic nitrogens is 1. The van der Waals surface area contributed by atoms with Gasteiger partial charge in [0.25, 0.3) is 0 Å². The Balaban J connectivity index is 2.58. The predicted octanol–water partition coefficient (Wildman–Crippen LogP) is 2.31. The van der Waals surface area contributed by atoms with Gasteiger partial charge in [0, 0.05) is 24.9 Å². The van der Waals surface area contributed by atoms with Crippen LogP contribution >= 0.6 is 0 Å². The van der Waals surface area contributed by atoms with Crippen LogP contribution in [0.3, 0.4) is 0 Å². The monoisotopic (exact) mass is 277 g/mol. The summed E-state index contributed by atoms with van der Waals surface area (Å²) in [4.78, 5) is 16.1. The average molecular weight is 277 g/mol. The van der Waals surface area contributed by atoms with Crippen LogP contribution in [0.1, 0.15) is 45.6 Å². The molecule has 1 aromatic rings. The highest BCUT2D eigenvalue weighted by Crippen LogP contribution is 2.22. The molecule has 0 fully saturated rings. The first-order chi connectivity index (χ1) is 9.41. The summed E-state index contributed by atoms with van der Waals surface area (Å²) in [5.74, 6) is 1.06. The fourth-order valence-corrected chi connectivity index (χ4v) is 2.29. The second-order valence-electron chi connectivity index (χ2n) is 6.12. The normalized spacial score (nSPS) is 14.3. The highest BCUT2D eigenvalue weighted by Gasteiger charge is 2.20. The Morgan fingerprint density at radius 3 is 2.55 bits per heavy atom. The maximum absolute atomic E-state index is 12.0. The fraction of sp³-hybridized carbons (Fsp3) is 0.625. The average Bonchev–Trinajstić information content (AvgIpc) is 2.38. The standard InChI is InChI=1S/C16H27N3O/c1-11(2)8-15(17)16(20)19-10-14(12(3)4)13-6-5-7-18-9-13/h5-7,9,11-12,14-15H,8,10,17H2,1-4H3,(H,19,20)/t14?,15-/m0/s1. The number of carbonyl (C=O) groups excluding carboxylic acids is 1. The van der Waals surface area contributed by atoms with Crippen LogP contribution in [0.4, 0.5) is 0 Å². The summed E-state index contributed by atoms with van der Waals surface area (Å²) < 4.78 is 0. The first-order valence-corrected chi connectivity index (χ1v) is 7.35. The van der Waals surface area contributed by atoms with Gasteiger partial charge in [0.2, 0.25) is 5.91 Å². The Morgan fingerprint density at radius 2 is 2.05 bits per heavy atom. The van der Waals surface area contributed by atoms with Gasteiger partial charge in [-0.1, -0.05) is 33.8 Å². The van der Waals surface area contributed by atoms with Crippen LogP contribution in [0.25, 0.3) is 0 Å². The highest BCUT2D eigenvalue weighted by atomic mass is 16.2. The summed E-state index contributed by atoms with van der Waals surface area (Å²) in [6, 6.07) is 3.56. The molecule has 0 spiro atoms. The molecule has 3 N–H and O–H groups in total. The summed E-state index contributed by atoms with van der Waals surface area (Å²) in [5, 5.41) is 2.98. The van der Waals surface area contributed by atoms with Crippen LogP contribution in [0.2, 0.25) is 0 Å². The van der Waals surface area contributed by atoms with E-state index < -0.39 is 6.04 Å². The van der Waals surface area contributed by atoms with Gasteiger partial charge in [-0.25, -0.2) is 0 Å². The molecular weight excluding hydrogens is 250 g/mol. The van der Waals surface area contributed by atoms with Gasteiger partial charge in [-0.05, 0) is 29.9 Å². The molecule has 1 amide bonds. The van der Waals surface area contributed by atoms with E-state index in [1.807, 2.05) is 12.3 Å². The van der Waals surface area contributed by atoms with Gasteiger partial charge >= 0.3 is 0 Å². The van der Waals surface area contributed by atoms with Gasteiger partial charge in [-0.3, -0.25) is 9.78 Å². The lowest BCUT2D eigenvalue weighted by Gasteiger charge is -2.23. The van der Waals surface area contributed by atoms with Crippen LogP contribution in [-0.2, 0) is 4.79 Å². The van der Waals surface area contributed by atoms with E-state index in [1.54, 1.807) is 6.20 Å². The number of hydrogen-bond donors (Lipinski definition) is 2. The van der Waals surface area contributed by atoms with Crippen molar-refractivity contribution in [1.29, 1.82) is 0 Å². The van der Waals surface area contributed by atoms with Crippen molar-refractivity contribution < 1.29 is 4.79 Å². The van der Waals surface area contributed by atoms with Crippen molar-refractivity contribution in [3.63, 3.8) is 0 Å². The minimum atomic E-state index is -0.420. The summed E-state index contributed by atoms with van der Waals surface area (Å²) in [5.41, 5.74) is 7.05. The number of hydrogen-bond acceptors (Lipinski definition) is 3. The molecule has 4 nitrogen and oxygen atoms in total. The van der Waals surface area contributed by atoms with Crippen LogP contribution in [-0.4, -0.2) is 23.5 Å². The lowest BCUT2D eigenvalue weighted by atomic mass is 9.89. The third-order valence-electron chi connectivity index (χ3n) is 3.48. The molecule has 112 valence electrons. The SMILES string of the molecule is CC(C)C[C@H](N)C(=O)NCC(c1cccnc1)C(C)C. The van der Waals surface area contributed by atoms with Crippen molar-refractivity contribution in [3.8, 4) is 0 Å². The maximum atomic E-state index is 12.0. The van der Waals surface area contributed by atoms with Crippen molar-refractivity contribution in [2.45, 2.75) is 46.1 Å². The minimum Gasteiger partial charge on any atom is -0.354 e. The second kappa shape index (κ2) is 8.00. The lowest BCUT2D eigenvalue weighted by Crippen LogP contribution is -2.43. The zero-order valence-electron chi connectivity index (χ0n) is 13.0.